The third-order valence-corrected chi connectivity index (χ3v) is 2.85. The summed E-state index contributed by atoms with van der Waals surface area (Å²) < 4.78 is 32.7. The van der Waals surface area contributed by atoms with E-state index in [1.54, 1.807) is 0 Å². The van der Waals surface area contributed by atoms with Crippen LogP contribution in [-0.4, -0.2) is 28.3 Å². The van der Waals surface area contributed by atoms with Gasteiger partial charge in [-0.25, -0.2) is 0 Å². The molecule has 0 saturated heterocycles. The van der Waals surface area contributed by atoms with E-state index in [1.807, 2.05) is 5.38 Å². The van der Waals surface area contributed by atoms with Crippen molar-refractivity contribution in [2.75, 3.05) is 5.75 Å². The number of aryl methyl sites for hydroxylation is 1. The second-order valence-electron chi connectivity index (χ2n) is 2.64. The maximum absolute atomic E-state index is 10.3. The standard InChI is InChI=1S/C6H10N2O3S2/c9-13(10,11)4-2-1-3-6-5-12-8-7-6/h5H,1-4H2,(H,9,10,11). The molecule has 0 unspecified atom stereocenters. The van der Waals surface area contributed by atoms with Crippen molar-refractivity contribution in [1.82, 2.24) is 9.59 Å². The molecule has 0 aliphatic heterocycles. The molecule has 1 N–H and O–H groups in total. The van der Waals surface area contributed by atoms with Crippen LogP contribution in [0.1, 0.15) is 18.5 Å². The van der Waals surface area contributed by atoms with E-state index in [0.29, 0.717) is 19.3 Å². The smallest absolute Gasteiger partial charge is 0.264 e. The van der Waals surface area contributed by atoms with Gasteiger partial charge in [-0.3, -0.25) is 4.55 Å². The van der Waals surface area contributed by atoms with Crippen LogP contribution in [0.5, 0.6) is 0 Å². The summed E-state index contributed by atoms with van der Waals surface area (Å²) in [6, 6.07) is 0. The minimum Gasteiger partial charge on any atom is -0.286 e. The average molecular weight is 222 g/mol. The summed E-state index contributed by atoms with van der Waals surface area (Å²) >= 11 is 1.27. The Kier molecular flexibility index (Phi) is 3.76. The van der Waals surface area contributed by atoms with Crippen LogP contribution in [0.4, 0.5) is 0 Å². The predicted molar refractivity (Wildman–Crippen MR) is 49.3 cm³/mol. The van der Waals surface area contributed by atoms with Gasteiger partial charge in [0.25, 0.3) is 10.1 Å². The predicted octanol–water partition coefficient (Wildman–Crippen LogP) is 0.749. The van der Waals surface area contributed by atoms with Crippen molar-refractivity contribution in [3.63, 3.8) is 0 Å². The summed E-state index contributed by atoms with van der Waals surface area (Å²) in [5, 5.41) is 5.63. The van der Waals surface area contributed by atoms with Crippen molar-refractivity contribution in [2.24, 2.45) is 0 Å². The highest BCUT2D eigenvalue weighted by Gasteiger charge is 2.04. The first-order chi connectivity index (χ1) is 6.08. The Hall–Kier alpha value is -0.530. The molecule has 0 aromatic carbocycles. The van der Waals surface area contributed by atoms with Crippen molar-refractivity contribution >= 4 is 21.7 Å². The molecule has 0 bridgehead atoms. The molecule has 13 heavy (non-hydrogen) atoms. The van der Waals surface area contributed by atoms with Gasteiger partial charge < -0.3 is 0 Å². The van der Waals surface area contributed by atoms with E-state index in [9.17, 15) is 8.42 Å². The Bertz CT molecular complexity index is 333. The van der Waals surface area contributed by atoms with Crippen LogP contribution in [0.3, 0.4) is 0 Å². The minimum absolute atomic E-state index is 0.176. The molecule has 7 heteroatoms. The summed E-state index contributed by atoms with van der Waals surface area (Å²) in [6.45, 7) is 0. The molecule has 0 fully saturated rings. The van der Waals surface area contributed by atoms with Gasteiger partial charge in [-0.2, -0.15) is 8.42 Å². The molecule has 0 spiro atoms. The highest BCUT2D eigenvalue weighted by molar-refractivity contribution is 7.85. The van der Waals surface area contributed by atoms with Gasteiger partial charge in [0.1, 0.15) is 0 Å². The summed E-state index contributed by atoms with van der Waals surface area (Å²) in [4.78, 5) is 0. The third kappa shape index (κ3) is 4.91. The maximum Gasteiger partial charge on any atom is 0.264 e. The van der Waals surface area contributed by atoms with Crippen molar-refractivity contribution in [3.05, 3.63) is 11.1 Å². The molecule has 0 saturated carbocycles. The zero-order chi connectivity index (χ0) is 9.73. The van der Waals surface area contributed by atoms with E-state index in [2.05, 4.69) is 9.59 Å². The lowest BCUT2D eigenvalue weighted by molar-refractivity contribution is 0.480. The second kappa shape index (κ2) is 4.64. The molecule has 1 heterocycles. The van der Waals surface area contributed by atoms with Crippen LogP contribution < -0.4 is 0 Å². The van der Waals surface area contributed by atoms with Gasteiger partial charge in [-0.1, -0.05) is 4.49 Å². The first kappa shape index (κ1) is 10.6. The van der Waals surface area contributed by atoms with Crippen molar-refractivity contribution in [2.45, 2.75) is 19.3 Å². The molecular formula is C6H10N2O3S2. The van der Waals surface area contributed by atoms with Crippen molar-refractivity contribution in [1.29, 1.82) is 0 Å². The highest BCUT2D eigenvalue weighted by Crippen LogP contribution is 2.03. The topological polar surface area (TPSA) is 80.2 Å². The van der Waals surface area contributed by atoms with Crippen LogP contribution in [0.25, 0.3) is 0 Å². The third-order valence-electron chi connectivity index (χ3n) is 1.49. The number of unbranched alkanes of at least 4 members (excludes halogenated alkanes) is 1. The molecule has 5 nitrogen and oxygen atoms in total. The zero-order valence-corrected chi connectivity index (χ0v) is 8.51. The number of hydrogen-bond donors (Lipinski definition) is 1. The summed E-state index contributed by atoms with van der Waals surface area (Å²) in [6.07, 6.45) is 1.87. The molecular weight excluding hydrogens is 212 g/mol. The van der Waals surface area contributed by atoms with Gasteiger partial charge >= 0.3 is 0 Å². The van der Waals surface area contributed by atoms with Gasteiger partial charge in [0.15, 0.2) is 0 Å². The summed E-state index contributed by atoms with van der Waals surface area (Å²) in [5.41, 5.74) is 0.875. The van der Waals surface area contributed by atoms with Gasteiger partial charge in [-0.15, -0.1) is 5.10 Å². The van der Waals surface area contributed by atoms with E-state index in [-0.39, 0.29) is 5.75 Å². The molecule has 0 aliphatic carbocycles. The summed E-state index contributed by atoms with van der Waals surface area (Å²) in [5.74, 6) is -0.176. The van der Waals surface area contributed by atoms with E-state index >= 15 is 0 Å². The number of rotatable bonds is 5. The lowest BCUT2D eigenvalue weighted by atomic mass is 10.2. The quantitative estimate of drug-likeness (QED) is 0.587. The van der Waals surface area contributed by atoms with E-state index in [1.165, 1.54) is 11.5 Å². The first-order valence-corrected chi connectivity index (χ1v) is 6.23. The Morgan fingerprint density at radius 1 is 1.46 bits per heavy atom. The van der Waals surface area contributed by atoms with Crippen molar-refractivity contribution < 1.29 is 13.0 Å². The van der Waals surface area contributed by atoms with E-state index < -0.39 is 10.1 Å². The normalized spacial score (nSPS) is 11.8. The van der Waals surface area contributed by atoms with E-state index in [0.717, 1.165) is 5.69 Å². The number of aromatic nitrogens is 2. The lowest BCUT2D eigenvalue weighted by Crippen LogP contribution is -2.03. The maximum atomic E-state index is 10.3. The largest absolute Gasteiger partial charge is 0.286 e. The molecule has 0 radical (unpaired) electrons. The first-order valence-electron chi connectivity index (χ1n) is 3.79. The highest BCUT2D eigenvalue weighted by atomic mass is 32.2. The minimum atomic E-state index is -3.80. The Balaban J connectivity index is 2.16. The molecule has 1 aromatic heterocycles. The fraction of sp³-hybridized carbons (Fsp3) is 0.667. The SMILES string of the molecule is O=S(=O)(O)CCCCc1csnn1. The summed E-state index contributed by atoms with van der Waals surface area (Å²) in [7, 11) is -3.80. The van der Waals surface area contributed by atoms with Crippen LogP contribution in [0.2, 0.25) is 0 Å². The Morgan fingerprint density at radius 2 is 2.23 bits per heavy atom. The lowest BCUT2D eigenvalue weighted by Gasteiger charge is -1.95. The Labute approximate surface area is 80.7 Å². The second-order valence-corrected chi connectivity index (χ2v) is 4.82. The number of nitrogens with zero attached hydrogens (tertiary/aromatic N) is 2. The van der Waals surface area contributed by atoms with Gasteiger partial charge in [0, 0.05) is 5.38 Å². The van der Waals surface area contributed by atoms with Gasteiger partial charge in [0.05, 0.1) is 11.4 Å². The molecule has 0 amide bonds. The fourth-order valence-corrected chi connectivity index (χ4v) is 1.94. The van der Waals surface area contributed by atoms with Crippen LogP contribution in [-0.2, 0) is 16.5 Å². The van der Waals surface area contributed by atoms with Crippen LogP contribution in [0.15, 0.2) is 5.38 Å². The molecule has 1 rings (SSSR count). The monoisotopic (exact) mass is 222 g/mol. The molecule has 1 aromatic rings. The molecule has 0 aliphatic rings. The Morgan fingerprint density at radius 3 is 2.77 bits per heavy atom. The molecule has 0 atom stereocenters. The number of hydrogen-bond acceptors (Lipinski definition) is 5. The van der Waals surface area contributed by atoms with Gasteiger partial charge in [-0.05, 0) is 30.8 Å². The average Bonchev–Trinajstić information content (AvgIpc) is 2.48. The van der Waals surface area contributed by atoms with E-state index in [4.69, 9.17) is 4.55 Å². The van der Waals surface area contributed by atoms with Gasteiger partial charge in [0.2, 0.25) is 0 Å². The van der Waals surface area contributed by atoms with Crippen LogP contribution >= 0.6 is 11.5 Å². The van der Waals surface area contributed by atoms with Crippen LogP contribution in [0, 0.1) is 0 Å². The fourth-order valence-electron chi connectivity index (χ4n) is 0.883. The van der Waals surface area contributed by atoms with Crippen molar-refractivity contribution in [3.8, 4) is 0 Å². The zero-order valence-electron chi connectivity index (χ0n) is 6.88. The molecule has 74 valence electrons.